The molecule has 212 valence electrons. The highest BCUT2D eigenvalue weighted by Crippen LogP contribution is 2.58. The first-order valence-corrected chi connectivity index (χ1v) is 14.2. The minimum absolute atomic E-state index is 0.0534. The standard InChI is InChI=1S/C34H24ClN3O5/c1-19-9-15-27-21(17-19)12-16-28-34(25-7-2-3-8-26(25)36-33(34)41)29(31(39)22-5-4-6-24(18-22)38(42)43)30(37(27)28)32(40)20-10-13-23(35)14-11-20/h2-18,28-30H,1H3,(H,36,41). The number of anilines is 2. The van der Waals surface area contributed by atoms with E-state index in [1.54, 1.807) is 42.5 Å². The lowest BCUT2D eigenvalue weighted by atomic mass is 9.64. The molecule has 4 unspecified atom stereocenters. The van der Waals surface area contributed by atoms with Crippen molar-refractivity contribution in [3.8, 4) is 0 Å². The minimum atomic E-state index is -1.51. The lowest BCUT2D eigenvalue weighted by Crippen LogP contribution is -2.51. The van der Waals surface area contributed by atoms with Gasteiger partial charge in [-0.3, -0.25) is 24.5 Å². The number of non-ortho nitro benzene ring substituents is 1. The Morgan fingerprint density at radius 3 is 2.47 bits per heavy atom. The lowest BCUT2D eigenvalue weighted by Gasteiger charge is -2.37. The largest absolute Gasteiger partial charge is 0.352 e. The van der Waals surface area contributed by atoms with Crippen LogP contribution in [0.25, 0.3) is 6.08 Å². The molecule has 9 heteroatoms. The number of amides is 1. The van der Waals surface area contributed by atoms with Gasteiger partial charge in [0.25, 0.3) is 5.69 Å². The van der Waals surface area contributed by atoms with E-state index in [1.807, 2.05) is 48.2 Å². The van der Waals surface area contributed by atoms with Crippen molar-refractivity contribution in [3.63, 3.8) is 0 Å². The molecule has 4 atom stereocenters. The topological polar surface area (TPSA) is 110 Å². The number of nitro benzene ring substituents is 1. The Labute approximate surface area is 251 Å². The highest BCUT2D eigenvalue weighted by Gasteiger charge is 2.70. The molecule has 4 aromatic carbocycles. The maximum Gasteiger partial charge on any atom is 0.270 e. The van der Waals surface area contributed by atoms with Gasteiger partial charge in [0.1, 0.15) is 11.5 Å². The maximum absolute atomic E-state index is 14.8. The van der Waals surface area contributed by atoms with E-state index in [0.29, 0.717) is 21.8 Å². The average Bonchev–Trinajstić information content (AvgIpc) is 3.49. The highest BCUT2D eigenvalue weighted by atomic mass is 35.5. The molecule has 1 saturated heterocycles. The monoisotopic (exact) mass is 589 g/mol. The first-order valence-electron chi connectivity index (χ1n) is 13.8. The van der Waals surface area contributed by atoms with E-state index in [1.165, 1.54) is 24.3 Å². The Morgan fingerprint density at radius 2 is 1.70 bits per heavy atom. The summed E-state index contributed by atoms with van der Waals surface area (Å²) in [7, 11) is 0. The third-order valence-electron chi connectivity index (χ3n) is 8.81. The van der Waals surface area contributed by atoms with Crippen LogP contribution >= 0.6 is 11.6 Å². The van der Waals surface area contributed by atoms with E-state index in [4.69, 9.17) is 11.6 Å². The lowest BCUT2D eigenvalue weighted by molar-refractivity contribution is -0.384. The highest BCUT2D eigenvalue weighted by molar-refractivity contribution is 6.30. The van der Waals surface area contributed by atoms with Crippen LogP contribution in [0.2, 0.25) is 5.02 Å². The predicted molar refractivity (Wildman–Crippen MR) is 164 cm³/mol. The van der Waals surface area contributed by atoms with E-state index >= 15 is 0 Å². The molecule has 8 nitrogen and oxygen atoms in total. The van der Waals surface area contributed by atoms with Gasteiger partial charge in [0.2, 0.25) is 5.91 Å². The molecule has 0 bridgehead atoms. The summed E-state index contributed by atoms with van der Waals surface area (Å²) in [5.74, 6) is -2.53. The summed E-state index contributed by atoms with van der Waals surface area (Å²) in [6.07, 6.45) is 3.83. The second-order valence-corrected chi connectivity index (χ2v) is 11.5. The number of nitrogens with one attached hydrogen (secondary N) is 1. The fourth-order valence-corrected chi connectivity index (χ4v) is 7.16. The molecule has 1 amide bonds. The van der Waals surface area contributed by atoms with Gasteiger partial charge in [0.05, 0.1) is 16.9 Å². The van der Waals surface area contributed by atoms with Crippen LogP contribution < -0.4 is 10.2 Å². The molecule has 7 rings (SSSR count). The van der Waals surface area contributed by atoms with Gasteiger partial charge in [-0.15, -0.1) is 0 Å². The molecule has 0 aromatic heterocycles. The van der Waals surface area contributed by atoms with Crippen LogP contribution in [0.3, 0.4) is 0 Å². The van der Waals surface area contributed by atoms with E-state index in [9.17, 15) is 24.5 Å². The van der Waals surface area contributed by atoms with Crippen LogP contribution in [0.5, 0.6) is 0 Å². The van der Waals surface area contributed by atoms with Gasteiger partial charge in [0.15, 0.2) is 11.6 Å². The Hall–Kier alpha value is -5.08. The summed E-state index contributed by atoms with van der Waals surface area (Å²) in [5.41, 5.74) is 2.38. The number of benzene rings is 4. The number of halogens is 1. The van der Waals surface area contributed by atoms with E-state index in [2.05, 4.69) is 5.32 Å². The van der Waals surface area contributed by atoms with Crippen LogP contribution in [0.15, 0.2) is 97.1 Å². The summed E-state index contributed by atoms with van der Waals surface area (Å²) in [6.45, 7) is 1.97. The first-order chi connectivity index (χ1) is 20.7. The van der Waals surface area contributed by atoms with Crippen molar-refractivity contribution < 1.29 is 19.3 Å². The zero-order valence-electron chi connectivity index (χ0n) is 22.9. The third-order valence-corrected chi connectivity index (χ3v) is 9.06. The zero-order chi connectivity index (χ0) is 30.0. The number of rotatable bonds is 5. The number of nitro groups is 1. The normalized spacial score (nSPS) is 23.0. The number of ketones is 2. The molecule has 4 aromatic rings. The molecule has 0 aliphatic carbocycles. The fraction of sp³-hybridized carbons (Fsp3) is 0.147. The number of fused-ring (bicyclic) bond motifs is 6. The summed E-state index contributed by atoms with van der Waals surface area (Å²) in [5, 5.41) is 15.1. The second kappa shape index (κ2) is 9.74. The fourth-order valence-electron chi connectivity index (χ4n) is 7.04. The van der Waals surface area contributed by atoms with Crippen LogP contribution in [-0.2, 0) is 10.2 Å². The van der Waals surface area contributed by atoms with E-state index < -0.39 is 40.0 Å². The summed E-state index contributed by atoms with van der Waals surface area (Å²) in [4.78, 5) is 56.9. The average molecular weight is 590 g/mol. The molecule has 1 fully saturated rings. The summed E-state index contributed by atoms with van der Waals surface area (Å²) in [6, 6.07) is 23.1. The maximum atomic E-state index is 14.8. The number of hydrogen-bond acceptors (Lipinski definition) is 6. The van der Waals surface area contributed by atoms with Crippen molar-refractivity contribution >= 4 is 52.2 Å². The van der Waals surface area contributed by atoms with Crippen LogP contribution in [0, 0.1) is 23.0 Å². The zero-order valence-corrected chi connectivity index (χ0v) is 23.6. The van der Waals surface area contributed by atoms with Crippen LogP contribution in [0.1, 0.15) is 37.4 Å². The number of aryl methyl sites for hydroxylation is 1. The first kappa shape index (κ1) is 26.8. The number of carbonyl (C=O) groups excluding carboxylic acids is 3. The molecule has 43 heavy (non-hydrogen) atoms. The molecule has 0 saturated carbocycles. The number of para-hydroxylation sites is 1. The van der Waals surface area contributed by atoms with Crippen molar-refractivity contribution in [1.29, 1.82) is 0 Å². The predicted octanol–water partition coefficient (Wildman–Crippen LogP) is 6.41. The smallest absolute Gasteiger partial charge is 0.270 e. The molecule has 1 spiro atoms. The van der Waals surface area contributed by atoms with Gasteiger partial charge in [-0.1, -0.05) is 65.7 Å². The number of carbonyl (C=O) groups is 3. The Kier molecular flexibility index (Phi) is 6.07. The van der Waals surface area contributed by atoms with Crippen LogP contribution in [-0.4, -0.2) is 34.5 Å². The number of Topliss-reactive ketones (excluding diaryl/α,β-unsaturated/α-hetero) is 2. The van der Waals surface area contributed by atoms with Gasteiger partial charge in [0, 0.05) is 39.7 Å². The quantitative estimate of drug-likeness (QED) is 0.164. The molecular weight excluding hydrogens is 566 g/mol. The number of nitrogens with zero attached hydrogens (tertiary/aromatic N) is 2. The third kappa shape index (κ3) is 3.87. The van der Waals surface area contributed by atoms with Crippen molar-refractivity contribution in [2.45, 2.75) is 24.4 Å². The van der Waals surface area contributed by atoms with Crippen molar-refractivity contribution in [3.05, 3.63) is 140 Å². The van der Waals surface area contributed by atoms with Crippen LogP contribution in [0.4, 0.5) is 17.1 Å². The molecule has 3 aliphatic rings. The number of hydrogen-bond donors (Lipinski definition) is 1. The molecular formula is C34H24ClN3O5. The van der Waals surface area contributed by atoms with Crippen molar-refractivity contribution in [1.82, 2.24) is 0 Å². The Balaban J connectivity index is 1.53. The summed E-state index contributed by atoms with van der Waals surface area (Å²) < 4.78 is 0. The van der Waals surface area contributed by atoms with Gasteiger partial charge in [-0.25, -0.2) is 0 Å². The molecule has 3 aliphatic heterocycles. The van der Waals surface area contributed by atoms with E-state index in [0.717, 1.165) is 16.8 Å². The summed E-state index contributed by atoms with van der Waals surface area (Å²) >= 11 is 6.15. The molecule has 1 N–H and O–H groups in total. The Bertz CT molecular complexity index is 1900. The minimum Gasteiger partial charge on any atom is -0.352 e. The van der Waals surface area contributed by atoms with Gasteiger partial charge in [-0.05, 0) is 60.5 Å². The molecule has 0 radical (unpaired) electrons. The van der Waals surface area contributed by atoms with Gasteiger partial charge >= 0.3 is 0 Å². The van der Waals surface area contributed by atoms with E-state index in [-0.39, 0.29) is 17.0 Å². The van der Waals surface area contributed by atoms with Gasteiger partial charge in [-0.2, -0.15) is 0 Å². The van der Waals surface area contributed by atoms with Crippen molar-refractivity contribution in [2.24, 2.45) is 5.92 Å². The molecule has 3 heterocycles. The second-order valence-electron chi connectivity index (χ2n) is 11.1. The van der Waals surface area contributed by atoms with Crippen molar-refractivity contribution in [2.75, 3.05) is 10.2 Å². The SMILES string of the molecule is Cc1ccc2c(c1)C=CC1N2C(C(=O)c2ccc(Cl)cc2)C(C(=O)c2cccc([N+](=O)[O-])c2)C12C(=O)Nc1ccccc12. The Morgan fingerprint density at radius 1 is 0.930 bits per heavy atom. The van der Waals surface area contributed by atoms with Gasteiger partial charge < -0.3 is 10.2 Å².